The molecule has 130 valence electrons. The second-order valence-electron chi connectivity index (χ2n) is 6.22. The molecule has 1 rings (SSSR count). The van der Waals surface area contributed by atoms with Crippen molar-refractivity contribution in [2.45, 2.75) is 67.0 Å². The van der Waals surface area contributed by atoms with Crippen molar-refractivity contribution < 1.29 is 9.53 Å². The van der Waals surface area contributed by atoms with Gasteiger partial charge in [-0.05, 0) is 60.5 Å². The maximum atomic E-state index is 11.5. The highest BCUT2D eigenvalue weighted by molar-refractivity contribution is 5.82. The largest absolute Gasteiger partial charge is 0.450 e. The number of aromatic nitrogens is 2. The first-order valence-corrected chi connectivity index (χ1v) is 8.29. The second kappa shape index (κ2) is 8.82. The summed E-state index contributed by atoms with van der Waals surface area (Å²) in [5, 5.41) is 2.56. The molecule has 0 unspecified atom stereocenters. The fourth-order valence-corrected chi connectivity index (χ4v) is 2.77. The minimum Gasteiger partial charge on any atom is -0.450 e. The number of hydrogen-bond donors (Lipinski definition) is 1. The first-order valence-electron chi connectivity index (χ1n) is 8.29. The summed E-state index contributed by atoms with van der Waals surface area (Å²) in [5.41, 5.74) is 2.94. The number of hydrogen-bond acceptors (Lipinski definition) is 5. The molecule has 23 heavy (non-hydrogen) atoms. The van der Waals surface area contributed by atoms with E-state index >= 15 is 0 Å². The Morgan fingerprint density at radius 2 is 1.65 bits per heavy atom. The summed E-state index contributed by atoms with van der Waals surface area (Å²) < 4.78 is 4.85. The molecule has 0 saturated carbocycles. The van der Waals surface area contributed by atoms with E-state index in [9.17, 15) is 4.79 Å². The van der Waals surface area contributed by atoms with Crippen molar-refractivity contribution in [3.63, 3.8) is 0 Å². The molecule has 0 aromatic carbocycles. The molecule has 0 aliphatic carbocycles. The monoisotopic (exact) mass is 322 g/mol. The Hall–Kier alpha value is -1.69. The van der Waals surface area contributed by atoms with E-state index in [0.29, 0.717) is 24.6 Å². The third-order valence-corrected chi connectivity index (χ3v) is 3.86. The van der Waals surface area contributed by atoms with Gasteiger partial charge in [-0.1, -0.05) is 0 Å². The van der Waals surface area contributed by atoms with E-state index in [1.54, 1.807) is 6.92 Å². The molecule has 0 fully saturated rings. The maximum absolute atomic E-state index is 11.5. The molecule has 0 atom stereocenters. The van der Waals surface area contributed by atoms with E-state index in [-0.39, 0.29) is 0 Å². The molecule has 6 nitrogen and oxygen atoms in total. The topological polar surface area (TPSA) is 67.3 Å². The zero-order valence-electron chi connectivity index (χ0n) is 15.4. The summed E-state index contributed by atoms with van der Waals surface area (Å²) in [6, 6.07) is 1.00. The van der Waals surface area contributed by atoms with Gasteiger partial charge in [0.05, 0.1) is 6.61 Å². The predicted octanol–water partition coefficient (Wildman–Crippen LogP) is 3.32. The number of carbonyl (C=O) groups is 1. The van der Waals surface area contributed by atoms with Crippen LogP contribution < -0.4 is 5.32 Å². The van der Waals surface area contributed by atoms with Crippen LogP contribution in [0.4, 0.5) is 10.7 Å². The molecular weight excluding hydrogens is 292 g/mol. The fourth-order valence-electron chi connectivity index (χ4n) is 2.77. The smallest absolute Gasteiger partial charge is 0.414 e. The molecule has 0 bridgehead atoms. The van der Waals surface area contributed by atoms with Crippen LogP contribution in [0, 0.1) is 13.8 Å². The summed E-state index contributed by atoms with van der Waals surface area (Å²) in [6.45, 7) is 15.8. The van der Waals surface area contributed by atoms with E-state index in [0.717, 1.165) is 29.9 Å². The molecule has 6 heteroatoms. The summed E-state index contributed by atoms with van der Waals surface area (Å²) in [5.74, 6) is 0.298. The highest BCUT2D eigenvalue weighted by atomic mass is 16.5. The predicted molar refractivity (Wildman–Crippen MR) is 92.8 cm³/mol. The Bertz CT molecular complexity index is 498. The van der Waals surface area contributed by atoms with Crippen LogP contribution >= 0.6 is 0 Å². The summed E-state index contributed by atoms with van der Waals surface area (Å²) in [4.78, 5) is 22.7. The average molecular weight is 322 g/mol. The molecule has 1 heterocycles. The summed E-state index contributed by atoms with van der Waals surface area (Å²) >= 11 is 0. The van der Waals surface area contributed by atoms with Crippen LogP contribution in [0.5, 0.6) is 0 Å². The summed E-state index contributed by atoms with van der Waals surface area (Å²) in [7, 11) is 0. The van der Waals surface area contributed by atoms with Crippen LogP contribution in [0.2, 0.25) is 0 Å². The number of rotatable bonds is 7. The van der Waals surface area contributed by atoms with Crippen LogP contribution in [-0.2, 0) is 11.2 Å². The second-order valence-corrected chi connectivity index (χ2v) is 6.22. The van der Waals surface area contributed by atoms with Crippen molar-refractivity contribution in [1.29, 1.82) is 0 Å². The summed E-state index contributed by atoms with van der Waals surface area (Å²) in [6.07, 6.45) is 0.373. The number of carbonyl (C=O) groups excluding carboxylic acids is 1. The third-order valence-electron chi connectivity index (χ3n) is 3.86. The van der Waals surface area contributed by atoms with Crippen LogP contribution in [0.1, 0.15) is 51.6 Å². The van der Waals surface area contributed by atoms with Gasteiger partial charge in [-0.25, -0.2) is 14.8 Å². The lowest BCUT2D eigenvalue weighted by Gasteiger charge is -2.30. The number of amides is 1. The normalized spacial score (nSPS) is 11.4. The Morgan fingerprint density at radius 1 is 1.13 bits per heavy atom. The van der Waals surface area contributed by atoms with E-state index in [2.05, 4.69) is 47.9 Å². The number of nitrogens with zero attached hydrogens (tertiary/aromatic N) is 3. The highest BCUT2D eigenvalue weighted by Crippen LogP contribution is 2.15. The van der Waals surface area contributed by atoms with Gasteiger partial charge in [0.25, 0.3) is 0 Å². The zero-order chi connectivity index (χ0) is 17.6. The molecule has 1 amide bonds. The molecule has 1 aromatic heterocycles. The average Bonchev–Trinajstić information content (AvgIpc) is 2.41. The van der Waals surface area contributed by atoms with Crippen molar-refractivity contribution >= 4 is 12.0 Å². The first-order chi connectivity index (χ1) is 10.8. The zero-order valence-corrected chi connectivity index (χ0v) is 15.4. The number of nitrogens with one attached hydrogen (secondary N) is 1. The Balaban J connectivity index is 2.83. The van der Waals surface area contributed by atoms with E-state index in [1.165, 1.54) is 0 Å². The molecule has 0 radical (unpaired) electrons. The van der Waals surface area contributed by atoms with Crippen LogP contribution in [0.25, 0.3) is 0 Å². The van der Waals surface area contributed by atoms with Crippen molar-refractivity contribution in [3.05, 3.63) is 17.0 Å². The number of ether oxygens (including phenoxy) is 1. The van der Waals surface area contributed by atoms with E-state index < -0.39 is 6.09 Å². The van der Waals surface area contributed by atoms with Gasteiger partial charge >= 0.3 is 6.09 Å². The molecular formula is C17H30N4O2. The quantitative estimate of drug-likeness (QED) is 0.834. The van der Waals surface area contributed by atoms with Crippen LogP contribution in [-0.4, -0.2) is 46.2 Å². The van der Waals surface area contributed by atoms with Gasteiger partial charge in [0.15, 0.2) is 0 Å². The Labute approximate surface area is 139 Å². The molecule has 0 spiro atoms. The lowest BCUT2D eigenvalue weighted by atomic mass is 10.1. The van der Waals surface area contributed by atoms with Gasteiger partial charge < -0.3 is 4.74 Å². The Kier molecular flexibility index (Phi) is 7.42. The number of anilines is 1. The molecule has 1 N–H and O–H groups in total. The standard InChI is InChI=1S/C17H30N4O2/c1-8-23-17(22)20-16-18-13(6)15(14(7)19-16)9-10-21(11(2)3)12(4)5/h11-12H,8-10H2,1-7H3,(H,18,19,20,22). The molecule has 0 aliphatic heterocycles. The third kappa shape index (κ3) is 5.78. The van der Waals surface area contributed by atoms with Gasteiger partial charge in [-0.2, -0.15) is 0 Å². The van der Waals surface area contributed by atoms with E-state index in [1.807, 2.05) is 13.8 Å². The van der Waals surface area contributed by atoms with Crippen molar-refractivity contribution in [3.8, 4) is 0 Å². The Morgan fingerprint density at radius 3 is 2.09 bits per heavy atom. The lowest BCUT2D eigenvalue weighted by Crippen LogP contribution is -2.38. The highest BCUT2D eigenvalue weighted by Gasteiger charge is 2.16. The minimum atomic E-state index is -0.523. The van der Waals surface area contributed by atoms with Gasteiger partial charge in [-0.15, -0.1) is 0 Å². The molecule has 0 aliphatic rings. The maximum Gasteiger partial charge on any atom is 0.414 e. The van der Waals surface area contributed by atoms with Crippen molar-refractivity contribution in [2.24, 2.45) is 0 Å². The molecule has 1 aromatic rings. The van der Waals surface area contributed by atoms with Crippen LogP contribution in [0.3, 0.4) is 0 Å². The van der Waals surface area contributed by atoms with Crippen molar-refractivity contribution in [1.82, 2.24) is 14.9 Å². The van der Waals surface area contributed by atoms with Gasteiger partial charge in [0.1, 0.15) is 0 Å². The van der Waals surface area contributed by atoms with Crippen molar-refractivity contribution in [2.75, 3.05) is 18.5 Å². The van der Waals surface area contributed by atoms with Gasteiger partial charge in [0, 0.05) is 30.0 Å². The lowest BCUT2D eigenvalue weighted by molar-refractivity contribution is 0.167. The molecule has 0 saturated heterocycles. The number of aryl methyl sites for hydroxylation is 2. The van der Waals surface area contributed by atoms with E-state index in [4.69, 9.17) is 4.74 Å². The SMILES string of the molecule is CCOC(=O)Nc1nc(C)c(CCN(C(C)C)C(C)C)c(C)n1. The van der Waals surface area contributed by atoms with Gasteiger partial charge in [0.2, 0.25) is 5.95 Å². The van der Waals surface area contributed by atoms with Crippen LogP contribution in [0.15, 0.2) is 0 Å². The van der Waals surface area contributed by atoms with Gasteiger partial charge in [-0.3, -0.25) is 10.2 Å². The first kappa shape index (κ1) is 19.4. The minimum absolute atomic E-state index is 0.298. The fraction of sp³-hybridized carbons (Fsp3) is 0.706.